The number of hydrogen-bond acceptors (Lipinski definition) is 4. The Morgan fingerprint density at radius 1 is 0.292 bits per heavy atom. The third-order valence-electron chi connectivity index (χ3n) is 10.1. The highest BCUT2D eigenvalue weighted by molar-refractivity contribution is 4.82. The van der Waals surface area contributed by atoms with Gasteiger partial charge in [-0.05, 0) is 116 Å². The standard InChI is InChI=1S/C44H90N4/c1-3-5-7-9-11-13-15-17-19-21-23-25-27-29-31-33-39-47(41-35-37-45)43-44-48(42-36-38-46)40-34-32-30-28-26-24-22-20-18-16-14-12-10-8-6-4-2/h17-20H,3-16,21-46H2,1-2H3/b19-17+,20-18+. The summed E-state index contributed by atoms with van der Waals surface area (Å²) in [6.45, 7) is 13.3. The fraction of sp³-hybridized carbons (Fsp3) is 0.909. The van der Waals surface area contributed by atoms with Crippen molar-refractivity contribution in [2.75, 3.05) is 52.4 Å². The molecule has 0 unspecified atom stereocenters. The predicted molar refractivity (Wildman–Crippen MR) is 219 cm³/mol. The van der Waals surface area contributed by atoms with E-state index < -0.39 is 0 Å². The second-order valence-electron chi connectivity index (χ2n) is 14.8. The highest BCUT2D eigenvalue weighted by Gasteiger charge is 2.09. The molecule has 0 heterocycles. The van der Waals surface area contributed by atoms with Gasteiger partial charge in [-0.15, -0.1) is 0 Å². The lowest BCUT2D eigenvalue weighted by Crippen LogP contribution is -2.38. The first kappa shape index (κ1) is 47.3. The lowest BCUT2D eigenvalue weighted by molar-refractivity contribution is 0.196. The summed E-state index contributed by atoms with van der Waals surface area (Å²) >= 11 is 0. The van der Waals surface area contributed by atoms with Crippen LogP contribution in [-0.4, -0.2) is 62.2 Å². The summed E-state index contributed by atoms with van der Waals surface area (Å²) in [5.74, 6) is 0. The molecule has 0 atom stereocenters. The Morgan fingerprint density at radius 3 is 0.833 bits per heavy atom. The van der Waals surface area contributed by atoms with Gasteiger partial charge in [0.2, 0.25) is 0 Å². The Hall–Kier alpha value is -0.680. The number of rotatable bonds is 41. The molecule has 0 amide bonds. The van der Waals surface area contributed by atoms with E-state index >= 15 is 0 Å². The van der Waals surface area contributed by atoms with Crippen molar-refractivity contribution in [1.29, 1.82) is 0 Å². The number of unbranched alkanes of at least 4 members (excludes halogenated alkanes) is 24. The molecular formula is C44H90N4. The molecule has 0 aliphatic carbocycles. The van der Waals surface area contributed by atoms with Gasteiger partial charge in [-0.2, -0.15) is 0 Å². The van der Waals surface area contributed by atoms with Gasteiger partial charge in [0, 0.05) is 13.1 Å². The minimum Gasteiger partial charge on any atom is -0.330 e. The minimum absolute atomic E-state index is 0.802. The van der Waals surface area contributed by atoms with Gasteiger partial charge in [-0.25, -0.2) is 0 Å². The van der Waals surface area contributed by atoms with Crippen molar-refractivity contribution >= 4 is 0 Å². The SMILES string of the molecule is CCCCCCCC/C=C/CCCCCCCCN(CCCN)CCN(CCCN)CCCCCCCC/C=C/CCCCCCCC. The number of nitrogens with two attached hydrogens (primary N) is 2. The van der Waals surface area contributed by atoms with Crippen LogP contribution in [0, 0.1) is 0 Å². The highest BCUT2D eigenvalue weighted by Crippen LogP contribution is 2.13. The number of nitrogens with zero attached hydrogens (tertiary/aromatic N) is 2. The van der Waals surface area contributed by atoms with Gasteiger partial charge in [0.1, 0.15) is 0 Å². The van der Waals surface area contributed by atoms with Crippen LogP contribution < -0.4 is 11.5 Å². The van der Waals surface area contributed by atoms with Crippen LogP contribution >= 0.6 is 0 Å². The molecule has 0 radical (unpaired) electrons. The molecule has 286 valence electrons. The van der Waals surface area contributed by atoms with E-state index in [1.165, 1.54) is 206 Å². The molecule has 48 heavy (non-hydrogen) atoms. The van der Waals surface area contributed by atoms with Crippen LogP contribution in [0.5, 0.6) is 0 Å². The van der Waals surface area contributed by atoms with Gasteiger partial charge in [0.15, 0.2) is 0 Å². The van der Waals surface area contributed by atoms with Crippen LogP contribution in [0.3, 0.4) is 0 Å². The summed E-state index contributed by atoms with van der Waals surface area (Å²) in [4.78, 5) is 5.39. The molecule has 0 rings (SSSR count). The summed E-state index contributed by atoms with van der Waals surface area (Å²) in [5, 5.41) is 0. The van der Waals surface area contributed by atoms with E-state index in [0.717, 1.165) is 39.0 Å². The monoisotopic (exact) mass is 675 g/mol. The molecule has 0 aromatic carbocycles. The molecule has 0 aromatic rings. The average Bonchev–Trinajstić information content (AvgIpc) is 3.10. The molecule has 0 saturated carbocycles. The van der Waals surface area contributed by atoms with Crippen molar-refractivity contribution in [3.05, 3.63) is 24.3 Å². The molecule has 0 aliphatic rings. The van der Waals surface area contributed by atoms with Crippen molar-refractivity contribution in [2.24, 2.45) is 11.5 Å². The van der Waals surface area contributed by atoms with Gasteiger partial charge in [-0.1, -0.05) is 154 Å². The summed E-state index contributed by atoms with van der Waals surface area (Å²) < 4.78 is 0. The second kappa shape index (κ2) is 42.5. The van der Waals surface area contributed by atoms with E-state index in [1.807, 2.05) is 0 Å². The maximum atomic E-state index is 5.90. The van der Waals surface area contributed by atoms with E-state index in [-0.39, 0.29) is 0 Å². The zero-order chi connectivity index (χ0) is 34.9. The van der Waals surface area contributed by atoms with Crippen molar-refractivity contribution in [1.82, 2.24) is 9.80 Å². The smallest absolute Gasteiger partial charge is 0.0109 e. The van der Waals surface area contributed by atoms with Crippen LogP contribution in [0.1, 0.15) is 206 Å². The molecule has 4 nitrogen and oxygen atoms in total. The largest absolute Gasteiger partial charge is 0.330 e. The topological polar surface area (TPSA) is 58.5 Å². The third kappa shape index (κ3) is 38.1. The van der Waals surface area contributed by atoms with Crippen molar-refractivity contribution in [3.8, 4) is 0 Å². The molecule has 4 heteroatoms. The van der Waals surface area contributed by atoms with E-state index in [0.29, 0.717) is 0 Å². The fourth-order valence-electron chi connectivity index (χ4n) is 6.75. The molecule has 0 saturated heterocycles. The van der Waals surface area contributed by atoms with Crippen LogP contribution in [-0.2, 0) is 0 Å². The Labute approximate surface area is 303 Å². The minimum atomic E-state index is 0.802. The van der Waals surface area contributed by atoms with Gasteiger partial charge >= 0.3 is 0 Å². The summed E-state index contributed by atoms with van der Waals surface area (Å²) in [6, 6.07) is 0. The number of allylic oxidation sites excluding steroid dienone is 4. The molecule has 0 aliphatic heterocycles. The highest BCUT2D eigenvalue weighted by atomic mass is 15.2. The molecule has 0 fully saturated rings. The Balaban J connectivity index is 3.93. The summed E-state index contributed by atoms with van der Waals surface area (Å²) in [6.07, 6.45) is 50.5. The van der Waals surface area contributed by atoms with Gasteiger partial charge in [0.05, 0.1) is 0 Å². The van der Waals surface area contributed by atoms with Crippen LogP contribution in [0.2, 0.25) is 0 Å². The first-order valence-corrected chi connectivity index (χ1v) is 21.9. The lowest BCUT2D eigenvalue weighted by atomic mass is 10.1. The first-order valence-electron chi connectivity index (χ1n) is 21.9. The molecule has 4 N–H and O–H groups in total. The second-order valence-corrected chi connectivity index (χ2v) is 14.8. The first-order chi connectivity index (χ1) is 23.8. The van der Waals surface area contributed by atoms with Crippen molar-refractivity contribution < 1.29 is 0 Å². The van der Waals surface area contributed by atoms with E-state index in [4.69, 9.17) is 11.5 Å². The molecular weight excluding hydrogens is 585 g/mol. The van der Waals surface area contributed by atoms with Gasteiger partial charge in [0.25, 0.3) is 0 Å². The van der Waals surface area contributed by atoms with E-state index in [9.17, 15) is 0 Å². The van der Waals surface area contributed by atoms with E-state index in [1.54, 1.807) is 0 Å². The van der Waals surface area contributed by atoms with Crippen molar-refractivity contribution in [2.45, 2.75) is 206 Å². The Kier molecular flexibility index (Phi) is 41.9. The lowest BCUT2D eigenvalue weighted by Gasteiger charge is -2.28. The summed E-state index contributed by atoms with van der Waals surface area (Å²) in [7, 11) is 0. The fourth-order valence-corrected chi connectivity index (χ4v) is 6.75. The third-order valence-corrected chi connectivity index (χ3v) is 10.1. The Morgan fingerprint density at radius 2 is 0.542 bits per heavy atom. The molecule has 0 spiro atoms. The zero-order valence-electron chi connectivity index (χ0n) is 33.2. The quantitative estimate of drug-likeness (QED) is 0.0500. The van der Waals surface area contributed by atoms with Crippen LogP contribution in [0.15, 0.2) is 24.3 Å². The van der Waals surface area contributed by atoms with Gasteiger partial charge < -0.3 is 21.3 Å². The van der Waals surface area contributed by atoms with Crippen molar-refractivity contribution in [3.63, 3.8) is 0 Å². The maximum absolute atomic E-state index is 5.90. The molecule has 0 aromatic heterocycles. The molecule has 0 bridgehead atoms. The normalized spacial score (nSPS) is 12.2. The average molecular weight is 675 g/mol. The van der Waals surface area contributed by atoms with Crippen LogP contribution in [0.4, 0.5) is 0 Å². The van der Waals surface area contributed by atoms with Crippen LogP contribution in [0.25, 0.3) is 0 Å². The predicted octanol–water partition coefficient (Wildman–Crippen LogP) is 12.4. The van der Waals surface area contributed by atoms with Gasteiger partial charge in [-0.3, -0.25) is 0 Å². The number of hydrogen-bond donors (Lipinski definition) is 2. The summed E-state index contributed by atoms with van der Waals surface area (Å²) in [5.41, 5.74) is 11.8. The zero-order valence-corrected chi connectivity index (χ0v) is 33.2. The maximum Gasteiger partial charge on any atom is 0.0109 e. The van der Waals surface area contributed by atoms with E-state index in [2.05, 4.69) is 48.0 Å². The Bertz CT molecular complexity index is 579.